The van der Waals surface area contributed by atoms with E-state index in [9.17, 15) is 19.5 Å². The molecule has 5 rings (SSSR count). The number of carbonyl (C=O) groups excluding carboxylic acids is 3. The molecule has 0 aliphatic carbocycles. The van der Waals surface area contributed by atoms with Crippen molar-refractivity contribution < 1.29 is 33.7 Å². The van der Waals surface area contributed by atoms with Gasteiger partial charge in [-0.05, 0) is 43.3 Å². The van der Waals surface area contributed by atoms with Crippen molar-refractivity contribution in [3.63, 3.8) is 0 Å². The Bertz CT molecular complexity index is 1480. The summed E-state index contributed by atoms with van der Waals surface area (Å²) in [4.78, 5) is 42.9. The van der Waals surface area contributed by atoms with Crippen molar-refractivity contribution in [3.8, 4) is 17.2 Å². The fraction of sp³-hybridized carbons (Fsp3) is 0.323. The van der Waals surface area contributed by atoms with E-state index >= 15 is 0 Å². The Morgan fingerprint density at radius 1 is 1.00 bits per heavy atom. The van der Waals surface area contributed by atoms with Crippen molar-refractivity contribution in [2.24, 2.45) is 5.92 Å². The van der Waals surface area contributed by atoms with Gasteiger partial charge in [-0.3, -0.25) is 4.79 Å². The first-order valence-corrected chi connectivity index (χ1v) is 14.0. The van der Waals surface area contributed by atoms with Gasteiger partial charge in [0.15, 0.2) is 17.2 Å². The molecule has 2 aliphatic heterocycles. The number of carbonyl (C=O) groups is 3. The second-order valence-corrected chi connectivity index (χ2v) is 10.6. The first-order chi connectivity index (χ1) is 20.7. The average molecular weight is 590 g/mol. The summed E-state index contributed by atoms with van der Waals surface area (Å²) in [6.45, 7) is 4.05. The van der Waals surface area contributed by atoms with Crippen LogP contribution in [-0.4, -0.2) is 78.6 Å². The van der Waals surface area contributed by atoms with Gasteiger partial charge in [-0.15, -0.1) is 0 Å². The molecule has 2 heterocycles. The van der Waals surface area contributed by atoms with E-state index in [0.717, 1.165) is 0 Å². The predicted molar refractivity (Wildman–Crippen MR) is 161 cm³/mol. The van der Waals surface area contributed by atoms with Crippen LogP contribution < -0.4 is 30.2 Å². The fourth-order valence-electron chi connectivity index (χ4n) is 4.91. The van der Waals surface area contributed by atoms with Crippen LogP contribution in [0.5, 0.6) is 17.2 Å². The molecule has 0 unspecified atom stereocenters. The number of para-hydroxylation sites is 2. The largest absolute Gasteiger partial charge is 0.485 e. The van der Waals surface area contributed by atoms with Gasteiger partial charge in [0, 0.05) is 37.0 Å². The molecule has 226 valence electrons. The fourth-order valence-corrected chi connectivity index (χ4v) is 4.91. The molecule has 4 N–H and O–H groups in total. The topological polar surface area (TPSA) is 142 Å². The summed E-state index contributed by atoms with van der Waals surface area (Å²) < 4.78 is 17.2. The zero-order chi connectivity index (χ0) is 30.5. The van der Waals surface area contributed by atoms with E-state index in [-0.39, 0.29) is 54.8 Å². The molecule has 0 aromatic heterocycles. The van der Waals surface area contributed by atoms with E-state index in [1.807, 2.05) is 25.1 Å². The highest BCUT2D eigenvalue weighted by molar-refractivity contribution is 6.04. The standard InChI is InChI=1S/C31H35N5O7/c1-19-15-36(20(2)17-37)29(38)23-10-7-11-24(34-30(39)32-22-12-13-25-26(14-22)42-18-41-25)28(23)43-27(19)16-35(3)31(40)33-21-8-5-4-6-9-21/h4-14,19-20,27,37H,15-18H2,1-3H3,(H,33,40)(H2,32,34,39)/t19-,20+,27+/m1/s1. The Morgan fingerprint density at radius 2 is 1.77 bits per heavy atom. The van der Waals surface area contributed by atoms with Gasteiger partial charge in [-0.25, -0.2) is 9.59 Å². The number of ether oxygens (including phenoxy) is 3. The highest BCUT2D eigenvalue weighted by Gasteiger charge is 2.35. The molecule has 0 saturated carbocycles. The Kier molecular flexibility index (Phi) is 8.86. The van der Waals surface area contributed by atoms with Crippen LogP contribution in [0.25, 0.3) is 0 Å². The molecule has 5 amide bonds. The van der Waals surface area contributed by atoms with Gasteiger partial charge in [0.1, 0.15) is 6.10 Å². The molecule has 0 bridgehead atoms. The molecule has 12 nitrogen and oxygen atoms in total. The number of urea groups is 2. The number of rotatable bonds is 7. The van der Waals surface area contributed by atoms with E-state index < -0.39 is 18.2 Å². The Morgan fingerprint density at radius 3 is 2.53 bits per heavy atom. The maximum atomic E-state index is 13.7. The summed E-state index contributed by atoms with van der Waals surface area (Å²) in [5.74, 6) is 0.709. The number of aliphatic hydroxyl groups excluding tert-OH is 1. The monoisotopic (exact) mass is 589 g/mol. The van der Waals surface area contributed by atoms with Crippen molar-refractivity contribution in [2.75, 3.05) is 49.5 Å². The van der Waals surface area contributed by atoms with Crippen molar-refractivity contribution in [1.82, 2.24) is 9.80 Å². The van der Waals surface area contributed by atoms with Gasteiger partial charge in [0.25, 0.3) is 5.91 Å². The summed E-state index contributed by atoms with van der Waals surface area (Å²) in [5, 5.41) is 18.4. The number of likely N-dealkylation sites (N-methyl/N-ethyl adjacent to an activating group) is 1. The van der Waals surface area contributed by atoms with Gasteiger partial charge in [0.05, 0.1) is 30.4 Å². The van der Waals surface area contributed by atoms with Crippen LogP contribution in [0.15, 0.2) is 66.7 Å². The molecule has 3 aromatic carbocycles. The van der Waals surface area contributed by atoms with Crippen molar-refractivity contribution >= 4 is 35.0 Å². The predicted octanol–water partition coefficient (Wildman–Crippen LogP) is 4.44. The molecule has 3 aromatic rings. The summed E-state index contributed by atoms with van der Waals surface area (Å²) >= 11 is 0. The van der Waals surface area contributed by atoms with E-state index in [1.54, 1.807) is 67.4 Å². The van der Waals surface area contributed by atoms with Crippen LogP contribution in [0.4, 0.5) is 26.7 Å². The number of amides is 5. The number of nitrogens with zero attached hydrogens (tertiary/aromatic N) is 2. The molecular weight excluding hydrogens is 554 g/mol. The minimum atomic E-state index is -0.563. The van der Waals surface area contributed by atoms with Crippen molar-refractivity contribution in [3.05, 3.63) is 72.3 Å². The van der Waals surface area contributed by atoms with Gasteiger partial charge < -0.3 is 45.1 Å². The lowest BCUT2D eigenvalue weighted by Gasteiger charge is -2.38. The molecule has 3 atom stereocenters. The normalized spacial score (nSPS) is 18.0. The number of aliphatic hydroxyl groups is 1. The molecule has 43 heavy (non-hydrogen) atoms. The first kappa shape index (κ1) is 29.5. The zero-order valence-corrected chi connectivity index (χ0v) is 24.2. The van der Waals surface area contributed by atoms with Gasteiger partial charge in [0.2, 0.25) is 6.79 Å². The third-order valence-corrected chi connectivity index (χ3v) is 7.40. The second-order valence-electron chi connectivity index (χ2n) is 10.6. The Labute approximate surface area is 249 Å². The lowest BCUT2D eigenvalue weighted by Crippen LogP contribution is -2.50. The summed E-state index contributed by atoms with van der Waals surface area (Å²) in [6.07, 6.45) is -0.563. The second kappa shape index (κ2) is 12.9. The Hall–Kier alpha value is -4.97. The first-order valence-electron chi connectivity index (χ1n) is 14.0. The van der Waals surface area contributed by atoms with Crippen molar-refractivity contribution in [1.29, 1.82) is 0 Å². The summed E-state index contributed by atoms with van der Waals surface area (Å²) in [6, 6.07) is 17.7. The van der Waals surface area contributed by atoms with Crippen LogP contribution in [0.2, 0.25) is 0 Å². The van der Waals surface area contributed by atoms with Crippen LogP contribution >= 0.6 is 0 Å². The molecule has 0 spiro atoms. The van der Waals surface area contributed by atoms with Gasteiger partial charge in [-0.1, -0.05) is 31.2 Å². The number of fused-ring (bicyclic) bond motifs is 2. The highest BCUT2D eigenvalue weighted by Crippen LogP contribution is 2.36. The minimum absolute atomic E-state index is 0.112. The molecule has 0 radical (unpaired) electrons. The van der Waals surface area contributed by atoms with Gasteiger partial charge in [-0.2, -0.15) is 0 Å². The number of hydrogen-bond acceptors (Lipinski definition) is 7. The summed E-state index contributed by atoms with van der Waals surface area (Å²) in [5.41, 5.74) is 1.65. The minimum Gasteiger partial charge on any atom is -0.485 e. The maximum absolute atomic E-state index is 13.7. The maximum Gasteiger partial charge on any atom is 0.323 e. The smallest absolute Gasteiger partial charge is 0.323 e. The van der Waals surface area contributed by atoms with E-state index in [4.69, 9.17) is 14.2 Å². The molecule has 12 heteroatoms. The molecular formula is C31H35N5O7. The Balaban J connectivity index is 1.40. The molecule has 0 fully saturated rings. The molecule has 0 saturated heterocycles. The quantitative estimate of drug-likeness (QED) is 0.319. The lowest BCUT2D eigenvalue weighted by atomic mass is 9.99. The highest BCUT2D eigenvalue weighted by atomic mass is 16.7. The van der Waals surface area contributed by atoms with Crippen molar-refractivity contribution in [2.45, 2.75) is 26.0 Å². The SMILES string of the molecule is C[C@@H]1CN([C@@H](C)CO)C(=O)c2cccc(NC(=O)Nc3ccc4c(c3)OCO4)c2O[C@H]1CN(C)C(=O)Nc1ccccc1. The van der Waals surface area contributed by atoms with Crippen LogP contribution in [0.1, 0.15) is 24.2 Å². The number of nitrogens with one attached hydrogen (secondary N) is 3. The van der Waals surface area contributed by atoms with E-state index in [2.05, 4.69) is 16.0 Å². The third kappa shape index (κ3) is 6.75. The van der Waals surface area contributed by atoms with E-state index in [0.29, 0.717) is 29.4 Å². The lowest BCUT2D eigenvalue weighted by molar-refractivity contribution is 0.0373. The van der Waals surface area contributed by atoms with Crippen LogP contribution in [0, 0.1) is 5.92 Å². The molecule has 2 aliphatic rings. The zero-order valence-electron chi connectivity index (χ0n) is 24.2. The van der Waals surface area contributed by atoms with Crippen LogP contribution in [-0.2, 0) is 0 Å². The average Bonchev–Trinajstić information content (AvgIpc) is 3.47. The third-order valence-electron chi connectivity index (χ3n) is 7.40. The van der Waals surface area contributed by atoms with Gasteiger partial charge >= 0.3 is 12.1 Å². The van der Waals surface area contributed by atoms with Crippen LogP contribution in [0.3, 0.4) is 0 Å². The summed E-state index contributed by atoms with van der Waals surface area (Å²) in [7, 11) is 1.66. The van der Waals surface area contributed by atoms with E-state index in [1.165, 1.54) is 4.90 Å². The number of anilines is 3. The number of benzene rings is 3. The number of hydrogen-bond donors (Lipinski definition) is 4.